The predicted octanol–water partition coefficient (Wildman–Crippen LogP) is 6.46. The van der Waals surface area contributed by atoms with Gasteiger partial charge in [0.15, 0.2) is 5.82 Å². The molecule has 3 aliphatic carbocycles. The fraction of sp³-hybridized carbons (Fsp3) is 0.667. The second-order valence-electron chi connectivity index (χ2n) is 18.0. The summed E-state index contributed by atoms with van der Waals surface area (Å²) in [5.41, 5.74) is 3.30. The minimum absolute atomic E-state index is 0.0114. The summed E-state index contributed by atoms with van der Waals surface area (Å²) in [7, 11) is 1.55. The van der Waals surface area contributed by atoms with Gasteiger partial charge in [-0.1, -0.05) is 6.42 Å². The summed E-state index contributed by atoms with van der Waals surface area (Å²) in [5, 5.41) is 19.9. The molecular formula is C42H54FN7O5. The number of hydrogen-bond acceptors (Lipinski definition) is 11. The molecule has 6 aliphatic rings. The molecule has 12 nitrogen and oxygen atoms in total. The highest BCUT2D eigenvalue weighted by atomic mass is 19.1. The van der Waals surface area contributed by atoms with Crippen LogP contribution in [-0.4, -0.2) is 113 Å². The third-order valence-electron chi connectivity index (χ3n) is 14.1. The molecule has 3 saturated carbocycles. The second-order valence-corrected chi connectivity index (χ2v) is 18.0. The molecule has 294 valence electrons. The first-order chi connectivity index (χ1) is 26.7. The van der Waals surface area contributed by atoms with Crippen LogP contribution in [0.2, 0.25) is 0 Å². The zero-order valence-electron chi connectivity index (χ0n) is 32.5. The molecule has 13 heteroatoms. The maximum Gasteiger partial charge on any atom is 0.319 e. The van der Waals surface area contributed by atoms with Gasteiger partial charge in [0.25, 0.3) is 0 Å². The van der Waals surface area contributed by atoms with E-state index in [-0.39, 0.29) is 41.7 Å². The summed E-state index contributed by atoms with van der Waals surface area (Å²) in [4.78, 5) is 19.6. The Bertz CT molecular complexity index is 2110. The van der Waals surface area contributed by atoms with Crippen LogP contribution in [0.3, 0.4) is 0 Å². The maximum absolute atomic E-state index is 17.6. The van der Waals surface area contributed by atoms with Gasteiger partial charge in [0.2, 0.25) is 5.88 Å². The van der Waals surface area contributed by atoms with E-state index in [1.807, 2.05) is 4.90 Å². The number of β-amino-alcohol motifs (C(OH)–C–C–N with tert-alkyl or cyclic N) is 1. The Morgan fingerprint density at radius 3 is 2.64 bits per heavy atom. The molecular weight excluding hydrogens is 702 g/mol. The van der Waals surface area contributed by atoms with Gasteiger partial charge in [-0.25, -0.2) is 9.37 Å². The number of nitrogens with one attached hydrogen (secondary N) is 1. The Labute approximate surface area is 321 Å². The molecule has 55 heavy (non-hydrogen) atoms. The number of methoxy groups -OCH3 is 1. The summed E-state index contributed by atoms with van der Waals surface area (Å²) >= 11 is 0. The lowest BCUT2D eigenvalue weighted by atomic mass is 9.60. The Morgan fingerprint density at radius 2 is 1.84 bits per heavy atom. The van der Waals surface area contributed by atoms with E-state index in [4.69, 9.17) is 33.9 Å². The van der Waals surface area contributed by atoms with Crippen LogP contribution in [0, 0.1) is 23.6 Å². The van der Waals surface area contributed by atoms with Gasteiger partial charge in [-0.3, -0.25) is 10.00 Å². The Balaban J connectivity index is 1.05. The molecule has 0 radical (unpaired) electrons. The number of benzene rings is 1. The summed E-state index contributed by atoms with van der Waals surface area (Å²) in [5.74, 6) is 0.414. The molecule has 1 spiro atoms. The molecule has 3 aliphatic heterocycles. The third kappa shape index (κ3) is 6.15. The van der Waals surface area contributed by atoms with Crippen molar-refractivity contribution in [1.29, 1.82) is 0 Å². The highest BCUT2D eigenvalue weighted by Crippen LogP contribution is 2.56. The Hall–Kier alpha value is -3.65. The molecule has 6 fully saturated rings. The van der Waals surface area contributed by atoms with Crippen molar-refractivity contribution >= 4 is 27.6 Å². The van der Waals surface area contributed by atoms with E-state index in [1.165, 1.54) is 38.5 Å². The van der Waals surface area contributed by atoms with Crippen LogP contribution < -0.4 is 14.4 Å². The minimum atomic E-state index is -1.16. The number of nitrogens with zero attached hydrogens (tertiary/aromatic N) is 6. The Morgan fingerprint density at radius 1 is 1.02 bits per heavy atom. The average Bonchev–Trinajstić information content (AvgIpc) is 3.79. The normalized spacial score (nSPS) is 28.7. The molecule has 2 N–H and O–H groups in total. The number of hydrogen-bond donors (Lipinski definition) is 2. The van der Waals surface area contributed by atoms with Crippen LogP contribution in [0.15, 0.2) is 12.3 Å². The molecule has 1 aromatic carbocycles. The van der Waals surface area contributed by atoms with E-state index >= 15 is 4.39 Å². The predicted molar refractivity (Wildman–Crippen MR) is 206 cm³/mol. The number of rotatable bonds is 8. The number of H-pyrrole nitrogens is 1. The molecule has 3 saturated heterocycles. The quantitative estimate of drug-likeness (QED) is 0.206. The van der Waals surface area contributed by atoms with Crippen LogP contribution in [0.5, 0.6) is 11.9 Å². The highest BCUT2D eigenvalue weighted by molar-refractivity contribution is 6.01. The van der Waals surface area contributed by atoms with Crippen molar-refractivity contribution in [1.82, 2.24) is 30.0 Å². The van der Waals surface area contributed by atoms with Crippen molar-refractivity contribution < 1.29 is 28.4 Å². The van der Waals surface area contributed by atoms with Crippen LogP contribution in [0.25, 0.3) is 33.1 Å². The molecule has 10 rings (SSSR count). The van der Waals surface area contributed by atoms with Gasteiger partial charge in [-0.05, 0) is 113 Å². The number of anilines is 1. The summed E-state index contributed by atoms with van der Waals surface area (Å²) in [6.07, 6.45) is 14.4. The number of likely N-dealkylation sites (tertiary alicyclic amines) is 1. The van der Waals surface area contributed by atoms with Gasteiger partial charge in [0.05, 0.1) is 45.2 Å². The Kier molecular flexibility index (Phi) is 8.77. The standard InChI is InChI=1S/C42H54FN7O5/c1-25-18-29-28(21-44-48-29)32(31(25)26-7-8-26)35-34(43)36-33(38(45-35)52-3)37(49-14-17-54-23-40(2,51)22-49)47-39(46-36)55-24-42-9-4-6-30(42)50(13-5-10-42)27-19-41(20-27)11-15-53-16-12-41/h18,21,26-27,30,51H,4-17,19-20,22-24H2,1-3H3,(H,44,48)/t30-,40+,42-/m1/s1. The fourth-order valence-electron chi connectivity index (χ4n) is 11.3. The van der Waals surface area contributed by atoms with Crippen LogP contribution >= 0.6 is 0 Å². The van der Waals surface area contributed by atoms with Gasteiger partial charge in [0, 0.05) is 48.2 Å². The van der Waals surface area contributed by atoms with Gasteiger partial charge in [-0.2, -0.15) is 15.1 Å². The highest BCUT2D eigenvalue weighted by Gasteiger charge is 2.55. The lowest BCUT2D eigenvalue weighted by molar-refractivity contribution is -0.112. The summed E-state index contributed by atoms with van der Waals surface area (Å²) in [6.45, 7) is 8.43. The van der Waals surface area contributed by atoms with Crippen LogP contribution in [0.4, 0.5) is 10.2 Å². The smallest absolute Gasteiger partial charge is 0.319 e. The average molecular weight is 756 g/mol. The van der Waals surface area contributed by atoms with E-state index in [2.05, 4.69) is 28.1 Å². The number of pyridine rings is 1. The largest absolute Gasteiger partial charge is 0.480 e. The molecule has 3 aromatic heterocycles. The van der Waals surface area contributed by atoms with Gasteiger partial charge in [0.1, 0.15) is 28.0 Å². The van der Waals surface area contributed by atoms with Crippen molar-refractivity contribution in [2.24, 2.45) is 10.8 Å². The first kappa shape index (κ1) is 35.7. The maximum atomic E-state index is 17.6. The van der Waals surface area contributed by atoms with Crippen molar-refractivity contribution in [3.63, 3.8) is 0 Å². The SMILES string of the molecule is COc1nc(-c2c(C3CC3)c(C)cc3[nH]ncc23)c(F)c2nc(OC[C@]34CCC[C@H]3N(C3CC5(CCOCC5)C3)CCC4)nc(N3CCOC[C@@](C)(O)C3)c12. The summed E-state index contributed by atoms with van der Waals surface area (Å²) in [6, 6.07) is 3.30. The van der Waals surface area contributed by atoms with Gasteiger partial charge in [-0.15, -0.1) is 0 Å². The molecule has 3 atom stereocenters. The minimum Gasteiger partial charge on any atom is -0.480 e. The number of halogens is 1. The van der Waals surface area contributed by atoms with E-state index in [0.717, 1.165) is 79.5 Å². The number of aromatic nitrogens is 5. The van der Waals surface area contributed by atoms with Crippen molar-refractivity contribution in [3.05, 3.63) is 29.2 Å². The van der Waals surface area contributed by atoms with E-state index in [1.54, 1.807) is 20.2 Å². The van der Waals surface area contributed by atoms with Crippen molar-refractivity contribution in [2.75, 3.05) is 64.7 Å². The van der Waals surface area contributed by atoms with Crippen molar-refractivity contribution in [2.45, 2.75) is 108 Å². The topological polar surface area (TPSA) is 131 Å². The number of aliphatic hydroxyl groups is 1. The third-order valence-corrected chi connectivity index (χ3v) is 14.1. The monoisotopic (exact) mass is 755 g/mol. The van der Waals surface area contributed by atoms with E-state index in [9.17, 15) is 5.11 Å². The second kappa shape index (κ2) is 13.5. The number of aromatic amines is 1. The molecule has 4 aromatic rings. The molecule has 0 bridgehead atoms. The number of ether oxygens (including phenoxy) is 4. The zero-order chi connectivity index (χ0) is 37.5. The molecule has 0 unspecified atom stereocenters. The lowest BCUT2D eigenvalue weighted by Gasteiger charge is -2.58. The summed E-state index contributed by atoms with van der Waals surface area (Å²) < 4.78 is 41.9. The van der Waals surface area contributed by atoms with Crippen molar-refractivity contribution in [3.8, 4) is 23.1 Å². The van der Waals surface area contributed by atoms with Gasteiger partial charge >= 0.3 is 6.01 Å². The van der Waals surface area contributed by atoms with Gasteiger partial charge < -0.3 is 29.0 Å². The number of piperidine rings is 1. The van der Waals surface area contributed by atoms with E-state index < -0.39 is 11.4 Å². The van der Waals surface area contributed by atoms with Crippen LogP contribution in [-0.2, 0) is 9.47 Å². The molecule has 0 amide bonds. The fourth-order valence-corrected chi connectivity index (χ4v) is 11.3. The first-order valence-corrected chi connectivity index (χ1v) is 20.6. The lowest BCUT2D eigenvalue weighted by Crippen LogP contribution is -2.61. The van der Waals surface area contributed by atoms with Crippen LogP contribution in [0.1, 0.15) is 94.6 Å². The zero-order valence-corrected chi connectivity index (χ0v) is 32.5. The number of aryl methyl sites for hydroxylation is 1. The molecule has 6 heterocycles. The first-order valence-electron chi connectivity index (χ1n) is 20.6. The van der Waals surface area contributed by atoms with E-state index in [0.29, 0.717) is 54.4 Å². The number of fused-ring (bicyclic) bond motifs is 3.